The standard InChI is InChI=1S/C22H27BrN2O5/c1-22(2,3)30-21(27)24-13-19(14-7-6-8-17(10-14)28-4)25-20(26)15-9-16(23)12-18(11-15)29-5/h6-12,19H,13H2,1-5H3,(H,24,27)(H,25,26). The monoisotopic (exact) mass is 478 g/mol. The van der Waals surface area contributed by atoms with Gasteiger partial charge in [0.1, 0.15) is 17.1 Å². The zero-order valence-corrected chi connectivity index (χ0v) is 19.3. The van der Waals surface area contributed by atoms with Crippen molar-refractivity contribution in [3.05, 3.63) is 58.1 Å². The van der Waals surface area contributed by atoms with E-state index in [1.165, 1.54) is 7.11 Å². The van der Waals surface area contributed by atoms with Crippen LogP contribution in [-0.2, 0) is 4.74 Å². The molecule has 0 fully saturated rings. The number of ether oxygens (including phenoxy) is 3. The van der Waals surface area contributed by atoms with Crippen LogP contribution in [0.25, 0.3) is 0 Å². The van der Waals surface area contributed by atoms with Gasteiger partial charge in [0.05, 0.1) is 20.3 Å². The van der Waals surface area contributed by atoms with Crippen molar-refractivity contribution in [2.75, 3.05) is 20.8 Å². The molecule has 0 aliphatic carbocycles. The van der Waals surface area contributed by atoms with E-state index in [0.717, 1.165) is 10.0 Å². The van der Waals surface area contributed by atoms with Crippen molar-refractivity contribution in [1.82, 2.24) is 10.6 Å². The molecule has 2 amide bonds. The van der Waals surface area contributed by atoms with Crippen molar-refractivity contribution in [2.45, 2.75) is 32.4 Å². The lowest BCUT2D eigenvalue weighted by Crippen LogP contribution is -2.40. The zero-order valence-electron chi connectivity index (χ0n) is 17.7. The fourth-order valence-electron chi connectivity index (χ4n) is 2.66. The van der Waals surface area contributed by atoms with Gasteiger partial charge in [0, 0.05) is 16.6 Å². The summed E-state index contributed by atoms with van der Waals surface area (Å²) in [5, 5.41) is 5.67. The van der Waals surface area contributed by atoms with E-state index in [1.807, 2.05) is 24.3 Å². The second-order valence-corrected chi connectivity index (χ2v) is 8.48. The summed E-state index contributed by atoms with van der Waals surface area (Å²) in [6.07, 6.45) is -0.561. The Kier molecular flexibility index (Phi) is 8.11. The number of alkyl carbamates (subject to hydrolysis) is 1. The highest BCUT2D eigenvalue weighted by Crippen LogP contribution is 2.23. The molecule has 8 heteroatoms. The number of rotatable bonds is 7. The topological polar surface area (TPSA) is 85.9 Å². The van der Waals surface area contributed by atoms with E-state index in [2.05, 4.69) is 26.6 Å². The fraction of sp³-hybridized carbons (Fsp3) is 0.364. The molecule has 0 aliphatic heterocycles. The van der Waals surface area contributed by atoms with Gasteiger partial charge in [-0.15, -0.1) is 0 Å². The molecule has 0 spiro atoms. The quantitative estimate of drug-likeness (QED) is 0.613. The summed E-state index contributed by atoms with van der Waals surface area (Å²) >= 11 is 3.38. The van der Waals surface area contributed by atoms with Gasteiger partial charge < -0.3 is 24.8 Å². The second-order valence-electron chi connectivity index (χ2n) is 7.57. The molecule has 7 nitrogen and oxygen atoms in total. The second kappa shape index (κ2) is 10.3. The van der Waals surface area contributed by atoms with Crippen LogP contribution in [0.4, 0.5) is 4.79 Å². The van der Waals surface area contributed by atoms with Crippen LogP contribution < -0.4 is 20.1 Å². The molecule has 0 aromatic heterocycles. The molecule has 162 valence electrons. The van der Waals surface area contributed by atoms with Gasteiger partial charge in [0.2, 0.25) is 0 Å². The molecule has 2 N–H and O–H groups in total. The molecule has 0 saturated carbocycles. The van der Waals surface area contributed by atoms with Gasteiger partial charge in [-0.3, -0.25) is 4.79 Å². The molecule has 1 atom stereocenters. The van der Waals surface area contributed by atoms with Crippen LogP contribution in [0, 0.1) is 0 Å². The Morgan fingerprint density at radius 2 is 1.73 bits per heavy atom. The highest BCUT2D eigenvalue weighted by molar-refractivity contribution is 9.10. The first-order valence-electron chi connectivity index (χ1n) is 9.37. The molecule has 0 bridgehead atoms. The lowest BCUT2D eigenvalue weighted by Gasteiger charge is -2.23. The molecule has 2 aromatic rings. The van der Waals surface area contributed by atoms with Crippen LogP contribution in [0.5, 0.6) is 11.5 Å². The predicted molar refractivity (Wildman–Crippen MR) is 118 cm³/mol. The van der Waals surface area contributed by atoms with E-state index in [9.17, 15) is 9.59 Å². The highest BCUT2D eigenvalue weighted by atomic mass is 79.9. The van der Waals surface area contributed by atoms with Crippen LogP contribution in [-0.4, -0.2) is 38.4 Å². The Bertz CT molecular complexity index is 895. The third-order valence-electron chi connectivity index (χ3n) is 4.02. The van der Waals surface area contributed by atoms with Gasteiger partial charge in [-0.2, -0.15) is 0 Å². The van der Waals surface area contributed by atoms with Gasteiger partial charge >= 0.3 is 6.09 Å². The third kappa shape index (κ3) is 7.26. The SMILES string of the molecule is COc1cc(Br)cc(C(=O)NC(CNC(=O)OC(C)(C)C)c2cccc(OC)c2)c1. The minimum atomic E-state index is -0.619. The Morgan fingerprint density at radius 1 is 1.03 bits per heavy atom. The number of nitrogens with one attached hydrogen (secondary N) is 2. The summed E-state index contributed by atoms with van der Waals surface area (Å²) in [7, 11) is 3.10. The fourth-order valence-corrected chi connectivity index (χ4v) is 3.14. The Labute approximate surface area is 185 Å². The van der Waals surface area contributed by atoms with Crippen molar-refractivity contribution in [1.29, 1.82) is 0 Å². The van der Waals surface area contributed by atoms with Gasteiger partial charge in [0.25, 0.3) is 5.91 Å². The van der Waals surface area contributed by atoms with E-state index in [0.29, 0.717) is 17.1 Å². The molecule has 0 aliphatic rings. The maximum absolute atomic E-state index is 12.9. The normalized spacial score (nSPS) is 11.9. The van der Waals surface area contributed by atoms with E-state index < -0.39 is 17.7 Å². The molecule has 30 heavy (non-hydrogen) atoms. The summed E-state index contributed by atoms with van der Waals surface area (Å²) in [5.41, 5.74) is 0.582. The van der Waals surface area contributed by atoms with Crippen molar-refractivity contribution in [2.24, 2.45) is 0 Å². The van der Waals surface area contributed by atoms with Crippen molar-refractivity contribution >= 4 is 27.9 Å². The summed E-state index contributed by atoms with van der Waals surface area (Å²) in [6, 6.07) is 11.9. The number of methoxy groups -OCH3 is 2. The summed E-state index contributed by atoms with van der Waals surface area (Å²) in [5.74, 6) is 0.890. The first-order valence-corrected chi connectivity index (χ1v) is 10.2. The Morgan fingerprint density at radius 3 is 2.37 bits per heavy atom. The van der Waals surface area contributed by atoms with Crippen LogP contribution in [0.15, 0.2) is 46.9 Å². The summed E-state index contributed by atoms with van der Waals surface area (Å²) in [6.45, 7) is 5.50. The maximum Gasteiger partial charge on any atom is 0.407 e. The van der Waals surface area contributed by atoms with Gasteiger partial charge in [0.15, 0.2) is 0 Å². The highest BCUT2D eigenvalue weighted by Gasteiger charge is 2.21. The predicted octanol–water partition coefficient (Wildman–Crippen LogP) is 4.46. The van der Waals surface area contributed by atoms with Crippen molar-refractivity contribution < 1.29 is 23.8 Å². The number of amides is 2. The van der Waals surface area contributed by atoms with Crippen molar-refractivity contribution in [3.63, 3.8) is 0 Å². The Balaban J connectivity index is 2.23. The summed E-state index contributed by atoms with van der Waals surface area (Å²) < 4.78 is 16.5. The molecule has 0 saturated heterocycles. The number of halogens is 1. The van der Waals surface area contributed by atoms with Crippen LogP contribution in [0.3, 0.4) is 0 Å². The third-order valence-corrected chi connectivity index (χ3v) is 4.48. The average molecular weight is 479 g/mol. The molecule has 1 unspecified atom stereocenters. The number of hydrogen-bond donors (Lipinski definition) is 2. The first kappa shape index (κ1) is 23.5. The van der Waals surface area contributed by atoms with Gasteiger partial charge in [-0.1, -0.05) is 28.1 Å². The van der Waals surface area contributed by atoms with E-state index in [-0.39, 0.29) is 12.5 Å². The molecule has 0 heterocycles. The van der Waals surface area contributed by atoms with E-state index in [4.69, 9.17) is 14.2 Å². The molecular formula is C22H27BrN2O5. The van der Waals surface area contributed by atoms with E-state index in [1.54, 1.807) is 46.1 Å². The molecule has 0 radical (unpaired) electrons. The minimum absolute atomic E-state index is 0.138. The van der Waals surface area contributed by atoms with Crippen LogP contribution in [0.1, 0.15) is 42.7 Å². The maximum atomic E-state index is 12.9. The van der Waals surface area contributed by atoms with Crippen molar-refractivity contribution in [3.8, 4) is 11.5 Å². The largest absolute Gasteiger partial charge is 0.497 e. The summed E-state index contributed by atoms with van der Waals surface area (Å²) in [4.78, 5) is 25.0. The first-order chi connectivity index (χ1) is 14.1. The smallest absolute Gasteiger partial charge is 0.407 e. The molecular weight excluding hydrogens is 452 g/mol. The lowest BCUT2D eigenvalue weighted by molar-refractivity contribution is 0.0520. The zero-order chi connectivity index (χ0) is 22.3. The molecule has 2 aromatic carbocycles. The Hall–Kier alpha value is -2.74. The lowest BCUT2D eigenvalue weighted by atomic mass is 10.1. The molecule has 2 rings (SSSR count). The van der Waals surface area contributed by atoms with Crippen LogP contribution >= 0.6 is 15.9 Å². The number of hydrogen-bond acceptors (Lipinski definition) is 5. The van der Waals surface area contributed by atoms with Gasteiger partial charge in [-0.25, -0.2) is 4.79 Å². The number of benzene rings is 2. The van der Waals surface area contributed by atoms with Crippen LogP contribution in [0.2, 0.25) is 0 Å². The van der Waals surface area contributed by atoms with Gasteiger partial charge in [-0.05, 0) is 56.7 Å². The van der Waals surface area contributed by atoms with E-state index >= 15 is 0 Å². The number of carbonyl (C=O) groups excluding carboxylic acids is 2. The number of carbonyl (C=O) groups is 2. The minimum Gasteiger partial charge on any atom is -0.497 e. The average Bonchev–Trinajstić information content (AvgIpc) is 2.69.